The van der Waals surface area contributed by atoms with Gasteiger partial charge in [0.15, 0.2) is 6.61 Å². The number of ether oxygens (including phenoxy) is 1. The molecule has 0 aliphatic carbocycles. The number of hydrogen-bond acceptors (Lipinski definition) is 6. The zero-order valence-corrected chi connectivity index (χ0v) is 16.0. The molecular weight excluding hydrogens is 406 g/mol. The Labute approximate surface area is 169 Å². The summed E-state index contributed by atoms with van der Waals surface area (Å²) in [7, 11) is 0. The molecule has 2 heterocycles. The van der Waals surface area contributed by atoms with Gasteiger partial charge in [0.05, 0.1) is 16.3 Å². The lowest BCUT2D eigenvalue weighted by atomic mass is 10.2. The van der Waals surface area contributed by atoms with Crippen molar-refractivity contribution in [1.29, 1.82) is 0 Å². The summed E-state index contributed by atoms with van der Waals surface area (Å²) in [6.07, 6.45) is 0. The van der Waals surface area contributed by atoms with E-state index in [1.807, 2.05) is 6.07 Å². The van der Waals surface area contributed by atoms with Crippen LogP contribution < -0.4 is 14.5 Å². The van der Waals surface area contributed by atoms with Crippen LogP contribution >= 0.6 is 23.4 Å². The monoisotopic (exact) mass is 419 g/mol. The van der Waals surface area contributed by atoms with Crippen LogP contribution in [-0.2, 0) is 9.59 Å². The van der Waals surface area contributed by atoms with Gasteiger partial charge in [0.2, 0.25) is 5.91 Å². The first kappa shape index (κ1) is 18.6. The molecular formula is C18H14ClN3O5S. The molecule has 144 valence electrons. The zero-order chi connectivity index (χ0) is 19.8. The van der Waals surface area contributed by atoms with Crippen LogP contribution in [0, 0.1) is 10.1 Å². The van der Waals surface area contributed by atoms with Crippen molar-refractivity contribution < 1.29 is 19.2 Å². The molecule has 4 rings (SSSR count). The first-order valence-corrected chi connectivity index (χ1v) is 9.75. The van der Waals surface area contributed by atoms with E-state index in [-0.39, 0.29) is 30.4 Å². The van der Waals surface area contributed by atoms with Gasteiger partial charge < -0.3 is 9.64 Å². The average Bonchev–Trinajstić information content (AvgIpc) is 2.69. The molecule has 2 aromatic carbocycles. The lowest BCUT2D eigenvalue weighted by Gasteiger charge is -2.33. The molecule has 2 aliphatic rings. The van der Waals surface area contributed by atoms with Gasteiger partial charge in [0.25, 0.3) is 11.6 Å². The number of carbonyl (C=O) groups is 2. The summed E-state index contributed by atoms with van der Waals surface area (Å²) in [6, 6.07) is 9.33. The van der Waals surface area contributed by atoms with Crippen LogP contribution in [-0.4, -0.2) is 42.2 Å². The molecule has 28 heavy (non-hydrogen) atoms. The number of nitrogens with zero attached hydrogens (tertiary/aromatic N) is 3. The number of anilines is 2. The molecule has 8 nitrogen and oxygen atoms in total. The van der Waals surface area contributed by atoms with Crippen LogP contribution in [0.3, 0.4) is 0 Å². The molecule has 0 spiro atoms. The maximum atomic E-state index is 13.0. The van der Waals surface area contributed by atoms with Crippen molar-refractivity contribution in [3.63, 3.8) is 0 Å². The number of benzene rings is 2. The second kappa shape index (κ2) is 7.33. The zero-order valence-electron chi connectivity index (χ0n) is 14.5. The third kappa shape index (κ3) is 3.38. The van der Waals surface area contributed by atoms with Crippen LogP contribution in [0.15, 0.2) is 41.3 Å². The predicted molar refractivity (Wildman–Crippen MR) is 105 cm³/mol. The first-order valence-electron chi connectivity index (χ1n) is 8.38. The Morgan fingerprint density at radius 2 is 2.07 bits per heavy atom. The number of fused-ring (bicyclic) bond motifs is 2. The Bertz CT molecular complexity index is 999. The molecule has 0 N–H and O–H groups in total. The Kier molecular flexibility index (Phi) is 4.86. The fourth-order valence-corrected chi connectivity index (χ4v) is 4.29. The van der Waals surface area contributed by atoms with E-state index in [2.05, 4.69) is 0 Å². The fourth-order valence-electron chi connectivity index (χ4n) is 3.15. The van der Waals surface area contributed by atoms with Gasteiger partial charge in [-0.1, -0.05) is 11.6 Å². The van der Waals surface area contributed by atoms with Crippen molar-refractivity contribution in [3.05, 3.63) is 51.5 Å². The number of thioether (sulfide) groups is 1. The van der Waals surface area contributed by atoms with E-state index in [0.29, 0.717) is 23.0 Å². The fraction of sp³-hybridized carbons (Fsp3) is 0.222. The van der Waals surface area contributed by atoms with Gasteiger partial charge in [-0.3, -0.25) is 24.6 Å². The van der Waals surface area contributed by atoms with Gasteiger partial charge in [-0.15, -0.1) is 11.8 Å². The summed E-state index contributed by atoms with van der Waals surface area (Å²) in [5.41, 5.74) is 0.742. The van der Waals surface area contributed by atoms with Crippen LogP contribution in [0.4, 0.5) is 17.1 Å². The summed E-state index contributed by atoms with van der Waals surface area (Å²) < 4.78 is 5.34. The number of carbonyl (C=O) groups excluding carboxylic acids is 2. The van der Waals surface area contributed by atoms with E-state index < -0.39 is 10.8 Å². The summed E-state index contributed by atoms with van der Waals surface area (Å²) in [5, 5.41) is 11.6. The topological polar surface area (TPSA) is 93.0 Å². The van der Waals surface area contributed by atoms with Gasteiger partial charge in [-0.05, 0) is 24.3 Å². The second-order valence-electron chi connectivity index (χ2n) is 6.18. The summed E-state index contributed by atoms with van der Waals surface area (Å²) in [4.78, 5) is 39.7. The molecule has 0 aromatic heterocycles. The number of amides is 2. The minimum Gasteiger partial charge on any atom is -0.482 e. The maximum Gasteiger partial charge on any atom is 0.271 e. The molecule has 0 saturated heterocycles. The van der Waals surface area contributed by atoms with E-state index in [1.165, 1.54) is 23.1 Å². The Hall–Kier alpha value is -2.78. The minimum absolute atomic E-state index is 0.180. The third-order valence-electron chi connectivity index (χ3n) is 4.48. The minimum atomic E-state index is -0.556. The quantitative estimate of drug-likeness (QED) is 0.560. The number of rotatable bonds is 3. The molecule has 2 aromatic rings. The van der Waals surface area contributed by atoms with Gasteiger partial charge in [-0.25, -0.2) is 0 Å². The summed E-state index contributed by atoms with van der Waals surface area (Å²) in [5.74, 6) is 0.325. The highest BCUT2D eigenvalue weighted by atomic mass is 35.5. The number of nitro benzene ring substituents is 1. The van der Waals surface area contributed by atoms with Crippen LogP contribution in [0.5, 0.6) is 5.75 Å². The number of halogens is 1. The van der Waals surface area contributed by atoms with Gasteiger partial charge in [0, 0.05) is 34.3 Å². The smallest absolute Gasteiger partial charge is 0.271 e. The molecule has 2 amide bonds. The highest BCUT2D eigenvalue weighted by molar-refractivity contribution is 7.99. The van der Waals surface area contributed by atoms with Gasteiger partial charge in [0.1, 0.15) is 12.3 Å². The molecule has 0 atom stereocenters. The number of non-ortho nitro benzene ring substituents is 1. The normalized spacial score (nSPS) is 15.5. The Morgan fingerprint density at radius 3 is 2.86 bits per heavy atom. The van der Waals surface area contributed by atoms with Crippen LogP contribution in [0.2, 0.25) is 5.02 Å². The highest BCUT2D eigenvalue weighted by Gasteiger charge is 2.32. The number of hydrogen-bond donors (Lipinski definition) is 0. The third-order valence-corrected chi connectivity index (χ3v) is 5.75. The standard InChI is InChI=1S/C18H14ClN3O5S/c19-11-1-4-16-14(7-11)20(5-6-28-16)17(23)9-21-13-8-12(22(25)26)2-3-15(13)27-10-18(21)24/h1-4,7-8H,5-6,9-10H2. The lowest BCUT2D eigenvalue weighted by Crippen LogP contribution is -2.47. The first-order chi connectivity index (χ1) is 13.4. The molecule has 0 radical (unpaired) electrons. The molecule has 10 heteroatoms. The van der Waals surface area contributed by atoms with E-state index >= 15 is 0 Å². The van der Waals surface area contributed by atoms with Crippen molar-refractivity contribution in [2.45, 2.75) is 4.90 Å². The molecule has 0 bridgehead atoms. The van der Waals surface area contributed by atoms with E-state index in [1.54, 1.807) is 28.8 Å². The highest BCUT2D eigenvalue weighted by Crippen LogP contribution is 2.38. The van der Waals surface area contributed by atoms with Crippen molar-refractivity contribution in [1.82, 2.24) is 0 Å². The largest absolute Gasteiger partial charge is 0.482 e. The summed E-state index contributed by atoms with van der Waals surface area (Å²) >= 11 is 7.71. The average molecular weight is 420 g/mol. The molecule has 0 fully saturated rings. The van der Waals surface area contributed by atoms with Gasteiger partial charge >= 0.3 is 0 Å². The molecule has 2 aliphatic heterocycles. The molecule has 0 unspecified atom stereocenters. The van der Waals surface area contributed by atoms with Crippen LogP contribution in [0.1, 0.15) is 0 Å². The van der Waals surface area contributed by atoms with Gasteiger partial charge in [-0.2, -0.15) is 0 Å². The lowest BCUT2D eigenvalue weighted by molar-refractivity contribution is -0.384. The van der Waals surface area contributed by atoms with Crippen molar-refractivity contribution >= 4 is 52.2 Å². The van der Waals surface area contributed by atoms with E-state index in [4.69, 9.17) is 16.3 Å². The maximum absolute atomic E-state index is 13.0. The number of nitro groups is 1. The molecule has 0 saturated carbocycles. The Balaban J connectivity index is 1.64. The summed E-state index contributed by atoms with van der Waals surface area (Å²) in [6.45, 7) is 0.0144. The SMILES string of the molecule is O=C1COc2ccc([N+](=O)[O-])cc2N1CC(=O)N1CCSc2ccc(Cl)cc21. The van der Waals surface area contributed by atoms with Crippen molar-refractivity contribution in [2.75, 3.05) is 35.2 Å². The van der Waals surface area contributed by atoms with Crippen LogP contribution in [0.25, 0.3) is 0 Å². The van der Waals surface area contributed by atoms with Crippen molar-refractivity contribution in [3.8, 4) is 5.75 Å². The van der Waals surface area contributed by atoms with E-state index in [0.717, 1.165) is 10.6 Å². The van der Waals surface area contributed by atoms with E-state index in [9.17, 15) is 19.7 Å². The van der Waals surface area contributed by atoms with Crippen molar-refractivity contribution in [2.24, 2.45) is 0 Å². The Morgan fingerprint density at radius 1 is 1.25 bits per heavy atom. The second-order valence-corrected chi connectivity index (χ2v) is 7.76. The predicted octanol–water partition coefficient (Wildman–Crippen LogP) is 3.11.